The van der Waals surface area contributed by atoms with Crippen LogP contribution in [0.15, 0.2) is 29.8 Å². The second-order valence-corrected chi connectivity index (χ2v) is 5.77. The molecule has 2 amide bonds. The summed E-state index contributed by atoms with van der Waals surface area (Å²) in [5.41, 5.74) is 0.497. The molecule has 2 aromatic rings. The largest absolute Gasteiger partial charge is 0.332 e. The van der Waals surface area contributed by atoms with Gasteiger partial charge in [0.15, 0.2) is 11.6 Å². The zero-order chi connectivity index (χ0) is 16.1. The lowest BCUT2D eigenvalue weighted by atomic mass is 10.1. The predicted molar refractivity (Wildman–Crippen MR) is 81.6 cm³/mol. The van der Waals surface area contributed by atoms with Crippen LogP contribution in [0.5, 0.6) is 0 Å². The van der Waals surface area contributed by atoms with Crippen molar-refractivity contribution in [3.8, 4) is 0 Å². The van der Waals surface area contributed by atoms with Crippen LogP contribution in [-0.2, 0) is 0 Å². The predicted octanol–water partition coefficient (Wildman–Crippen LogP) is 3.93. The van der Waals surface area contributed by atoms with Gasteiger partial charge >= 0.3 is 6.03 Å². The third kappa shape index (κ3) is 4.00. The van der Waals surface area contributed by atoms with Gasteiger partial charge in [-0.15, -0.1) is 11.3 Å². The molecule has 1 heterocycles. The van der Waals surface area contributed by atoms with Crippen molar-refractivity contribution in [3.05, 3.63) is 52.0 Å². The molecule has 7 heteroatoms. The van der Waals surface area contributed by atoms with E-state index in [9.17, 15) is 13.6 Å². The fraction of sp³-hybridized carbons (Fsp3) is 0.333. The van der Waals surface area contributed by atoms with Gasteiger partial charge in [0.25, 0.3) is 0 Å². The molecule has 1 aromatic carbocycles. The van der Waals surface area contributed by atoms with Gasteiger partial charge in [-0.25, -0.2) is 18.6 Å². The van der Waals surface area contributed by atoms with Gasteiger partial charge < -0.3 is 10.6 Å². The summed E-state index contributed by atoms with van der Waals surface area (Å²) in [7, 11) is 0. The number of hydrogen-bond donors (Lipinski definition) is 2. The van der Waals surface area contributed by atoms with Crippen LogP contribution in [0.3, 0.4) is 0 Å². The highest BCUT2D eigenvalue weighted by Gasteiger charge is 2.17. The Kier molecular flexibility index (Phi) is 5.43. The van der Waals surface area contributed by atoms with E-state index in [-0.39, 0.29) is 12.1 Å². The van der Waals surface area contributed by atoms with E-state index < -0.39 is 17.7 Å². The van der Waals surface area contributed by atoms with Crippen LogP contribution in [0.4, 0.5) is 13.6 Å². The standard InChI is InChI=1S/C15H17F2N3OS/c1-3-13(14-18-6-7-22-14)20-15(21)19-9(2)10-4-5-11(16)12(17)8-10/h4-9,13H,3H2,1-2H3,(H2,19,20,21)/t9-,13+/m0/s1. The Morgan fingerprint density at radius 1 is 1.32 bits per heavy atom. The molecule has 2 rings (SSSR count). The summed E-state index contributed by atoms with van der Waals surface area (Å²) >= 11 is 1.47. The van der Waals surface area contributed by atoms with E-state index in [1.54, 1.807) is 13.1 Å². The zero-order valence-electron chi connectivity index (χ0n) is 12.3. The molecule has 0 unspecified atom stereocenters. The molecule has 0 fully saturated rings. The van der Waals surface area contributed by atoms with Gasteiger partial charge in [0, 0.05) is 11.6 Å². The molecule has 2 atom stereocenters. The van der Waals surface area contributed by atoms with Crippen molar-refractivity contribution in [1.82, 2.24) is 15.6 Å². The smallest absolute Gasteiger partial charge is 0.315 e. The Hall–Kier alpha value is -2.02. The normalized spacial score (nSPS) is 13.5. The van der Waals surface area contributed by atoms with Crippen LogP contribution in [0, 0.1) is 11.6 Å². The number of carbonyl (C=O) groups excluding carboxylic acids is 1. The molecule has 118 valence electrons. The third-order valence-electron chi connectivity index (χ3n) is 3.25. The Bertz CT molecular complexity index is 634. The van der Waals surface area contributed by atoms with Gasteiger partial charge in [-0.05, 0) is 31.0 Å². The van der Waals surface area contributed by atoms with Crippen LogP contribution in [0.1, 0.15) is 42.9 Å². The van der Waals surface area contributed by atoms with Crippen molar-refractivity contribution >= 4 is 17.4 Å². The lowest BCUT2D eigenvalue weighted by molar-refractivity contribution is 0.233. The Morgan fingerprint density at radius 3 is 2.68 bits per heavy atom. The van der Waals surface area contributed by atoms with E-state index in [0.717, 1.165) is 17.1 Å². The minimum Gasteiger partial charge on any atom is -0.332 e. The van der Waals surface area contributed by atoms with Gasteiger partial charge in [-0.1, -0.05) is 13.0 Å². The van der Waals surface area contributed by atoms with Crippen molar-refractivity contribution < 1.29 is 13.6 Å². The van der Waals surface area contributed by atoms with E-state index in [2.05, 4.69) is 15.6 Å². The molecule has 4 nitrogen and oxygen atoms in total. The summed E-state index contributed by atoms with van der Waals surface area (Å²) in [5, 5.41) is 8.21. The minimum atomic E-state index is -0.930. The first-order valence-electron chi connectivity index (χ1n) is 6.92. The van der Waals surface area contributed by atoms with Crippen LogP contribution in [-0.4, -0.2) is 11.0 Å². The minimum absolute atomic E-state index is 0.169. The molecule has 1 aromatic heterocycles. The number of halogens is 2. The zero-order valence-corrected chi connectivity index (χ0v) is 13.1. The lowest BCUT2D eigenvalue weighted by Gasteiger charge is -2.19. The first-order valence-corrected chi connectivity index (χ1v) is 7.80. The summed E-state index contributed by atoms with van der Waals surface area (Å²) < 4.78 is 26.1. The molecule has 2 N–H and O–H groups in total. The highest BCUT2D eigenvalue weighted by atomic mass is 32.1. The summed E-state index contributed by atoms with van der Waals surface area (Å²) in [4.78, 5) is 16.2. The molecule has 0 bridgehead atoms. The number of benzene rings is 1. The maximum absolute atomic E-state index is 13.2. The van der Waals surface area contributed by atoms with Crippen LogP contribution < -0.4 is 10.6 Å². The highest BCUT2D eigenvalue weighted by molar-refractivity contribution is 7.09. The van der Waals surface area contributed by atoms with Crippen molar-refractivity contribution in [2.45, 2.75) is 32.4 Å². The molecule has 0 radical (unpaired) electrons. The Morgan fingerprint density at radius 2 is 2.09 bits per heavy atom. The number of hydrogen-bond acceptors (Lipinski definition) is 3. The molecular formula is C15H17F2N3OS. The first-order chi connectivity index (χ1) is 10.5. The summed E-state index contributed by atoms with van der Waals surface area (Å²) in [6.45, 7) is 3.65. The molecular weight excluding hydrogens is 308 g/mol. The van der Waals surface area contributed by atoms with Crippen molar-refractivity contribution in [2.24, 2.45) is 0 Å². The average molecular weight is 325 g/mol. The van der Waals surface area contributed by atoms with Gasteiger partial charge in [-0.2, -0.15) is 0 Å². The molecule has 0 spiro atoms. The number of thiazole rings is 1. The number of nitrogens with zero attached hydrogens (tertiary/aromatic N) is 1. The van der Waals surface area contributed by atoms with E-state index in [1.807, 2.05) is 12.3 Å². The van der Waals surface area contributed by atoms with E-state index in [0.29, 0.717) is 12.0 Å². The lowest BCUT2D eigenvalue weighted by Crippen LogP contribution is -2.39. The summed E-state index contributed by atoms with van der Waals surface area (Å²) in [6, 6.07) is 2.59. The fourth-order valence-corrected chi connectivity index (χ4v) is 2.78. The maximum atomic E-state index is 13.2. The summed E-state index contributed by atoms with van der Waals surface area (Å²) in [6.07, 6.45) is 2.40. The van der Waals surface area contributed by atoms with Crippen LogP contribution >= 0.6 is 11.3 Å². The number of nitrogens with one attached hydrogen (secondary N) is 2. The van der Waals surface area contributed by atoms with E-state index in [1.165, 1.54) is 17.4 Å². The number of rotatable bonds is 5. The molecule has 0 saturated heterocycles. The molecule has 0 saturated carbocycles. The Balaban J connectivity index is 1.97. The SMILES string of the molecule is CC[C@@H](NC(=O)N[C@@H](C)c1ccc(F)c(F)c1)c1nccs1. The van der Waals surface area contributed by atoms with Gasteiger partial charge in [-0.3, -0.25) is 0 Å². The number of urea groups is 1. The van der Waals surface area contributed by atoms with Crippen molar-refractivity contribution in [3.63, 3.8) is 0 Å². The monoisotopic (exact) mass is 325 g/mol. The second kappa shape index (κ2) is 7.31. The van der Waals surface area contributed by atoms with Gasteiger partial charge in [0.1, 0.15) is 5.01 Å². The maximum Gasteiger partial charge on any atom is 0.315 e. The van der Waals surface area contributed by atoms with Gasteiger partial charge in [0.2, 0.25) is 0 Å². The molecule has 22 heavy (non-hydrogen) atoms. The fourth-order valence-electron chi connectivity index (χ4n) is 2.01. The molecule has 0 aliphatic rings. The summed E-state index contributed by atoms with van der Waals surface area (Å²) in [5.74, 6) is -1.84. The number of aromatic nitrogens is 1. The average Bonchev–Trinajstić information content (AvgIpc) is 3.01. The van der Waals surface area contributed by atoms with Gasteiger partial charge in [0.05, 0.1) is 12.1 Å². The first kappa shape index (κ1) is 16.4. The topological polar surface area (TPSA) is 54.0 Å². The second-order valence-electron chi connectivity index (χ2n) is 4.84. The number of carbonyl (C=O) groups is 1. The third-order valence-corrected chi connectivity index (χ3v) is 4.14. The molecule has 0 aliphatic heterocycles. The molecule has 0 aliphatic carbocycles. The van der Waals surface area contributed by atoms with Crippen molar-refractivity contribution in [2.75, 3.05) is 0 Å². The van der Waals surface area contributed by atoms with Crippen LogP contribution in [0.2, 0.25) is 0 Å². The Labute approximate surface area is 131 Å². The van der Waals surface area contributed by atoms with Crippen LogP contribution in [0.25, 0.3) is 0 Å². The van der Waals surface area contributed by atoms with E-state index >= 15 is 0 Å². The van der Waals surface area contributed by atoms with E-state index in [4.69, 9.17) is 0 Å². The highest BCUT2D eigenvalue weighted by Crippen LogP contribution is 2.19. The number of amides is 2. The van der Waals surface area contributed by atoms with Crippen molar-refractivity contribution in [1.29, 1.82) is 0 Å². The quantitative estimate of drug-likeness (QED) is 0.875.